The maximum absolute atomic E-state index is 11.4. The molecule has 0 atom stereocenters. The fourth-order valence-electron chi connectivity index (χ4n) is 1.35. The van der Waals surface area contributed by atoms with E-state index in [1.54, 1.807) is 6.08 Å². The number of carbonyl (C=O) groups is 1. The van der Waals surface area contributed by atoms with Gasteiger partial charge in [0, 0.05) is 19.1 Å². The molecule has 0 aromatic rings. The molecule has 1 rings (SSSR count). The van der Waals surface area contributed by atoms with Crippen molar-refractivity contribution in [1.29, 1.82) is 0 Å². The smallest absolute Gasteiger partial charge is 0.158 e. The highest BCUT2D eigenvalue weighted by Crippen LogP contribution is 2.15. The molecule has 0 aromatic carbocycles. The van der Waals surface area contributed by atoms with Crippen LogP contribution in [0.3, 0.4) is 0 Å². The van der Waals surface area contributed by atoms with Crippen LogP contribution in [0, 0.1) is 5.92 Å². The predicted octanol–water partition coefficient (Wildman–Crippen LogP) is 1.95. The van der Waals surface area contributed by atoms with Crippen LogP contribution in [-0.4, -0.2) is 19.0 Å². The summed E-state index contributed by atoms with van der Waals surface area (Å²) in [6.07, 6.45) is 6.38. The van der Waals surface area contributed by atoms with Crippen LogP contribution >= 0.6 is 0 Å². The number of hydrogen-bond donors (Lipinski definition) is 0. The van der Waals surface area contributed by atoms with Crippen molar-refractivity contribution < 1.29 is 9.53 Å². The Kier molecular flexibility index (Phi) is 4.01. The van der Waals surface area contributed by atoms with Gasteiger partial charge in [-0.3, -0.25) is 4.79 Å². The molecule has 1 heterocycles. The van der Waals surface area contributed by atoms with E-state index in [1.807, 2.05) is 13.0 Å². The zero-order chi connectivity index (χ0) is 8.81. The lowest BCUT2D eigenvalue weighted by Gasteiger charge is -2.19. The Morgan fingerprint density at radius 2 is 2.17 bits per heavy atom. The van der Waals surface area contributed by atoms with Gasteiger partial charge in [-0.05, 0) is 25.3 Å². The van der Waals surface area contributed by atoms with Gasteiger partial charge in [-0.2, -0.15) is 0 Å². The van der Waals surface area contributed by atoms with Crippen molar-refractivity contribution in [1.82, 2.24) is 0 Å². The fourth-order valence-corrected chi connectivity index (χ4v) is 1.35. The molecule has 0 radical (unpaired) electrons. The van der Waals surface area contributed by atoms with Crippen molar-refractivity contribution in [2.75, 3.05) is 13.2 Å². The fraction of sp³-hybridized carbons (Fsp3) is 0.700. The van der Waals surface area contributed by atoms with Gasteiger partial charge in [-0.25, -0.2) is 0 Å². The van der Waals surface area contributed by atoms with Crippen LogP contribution < -0.4 is 0 Å². The van der Waals surface area contributed by atoms with Gasteiger partial charge in [-0.1, -0.05) is 13.0 Å². The van der Waals surface area contributed by atoms with Crippen LogP contribution in [-0.2, 0) is 9.53 Å². The first-order valence-electron chi connectivity index (χ1n) is 4.62. The monoisotopic (exact) mass is 168 g/mol. The molecule has 0 bridgehead atoms. The lowest BCUT2D eigenvalue weighted by Crippen LogP contribution is -2.21. The van der Waals surface area contributed by atoms with Gasteiger partial charge in [0.15, 0.2) is 5.78 Å². The van der Waals surface area contributed by atoms with E-state index in [1.165, 1.54) is 0 Å². The van der Waals surface area contributed by atoms with Crippen molar-refractivity contribution in [3.8, 4) is 0 Å². The highest BCUT2D eigenvalue weighted by Gasteiger charge is 2.18. The maximum Gasteiger partial charge on any atom is 0.158 e. The normalized spacial score (nSPS) is 20.1. The molecular weight excluding hydrogens is 152 g/mol. The Balaban J connectivity index is 2.34. The number of rotatable bonds is 3. The molecule has 0 N–H and O–H groups in total. The average molecular weight is 168 g/mol. The Morgan fingerprint density at radius 3 is 2.75 bits per heavy atom. The molecule has 1 saturated heterocycles. The molecule has 2 heteroatoms. The van der Waals surface area contributed by atoms with Crippen molar-refractivity contribution in [2.24, 2.45) is 5.92 Å². The standard InChI is InChI=1S/C10H16O2/c1-2-3-4-10(11)9-5-7-12-8-6-9/h3-4,9H,2,5-8H2,1H3/b4-3+. The molecular formula is C10H16O2. The van der Waals surface area contributed by atoms with E-state index in [0.29, 0.717) is 0 Å². The molecule has 0 aromatic heterocycles. The summed E-state index contributed by atoms with van der Waals surface area (Å²) in [5.41, 5.74) is 0. The van der Waals surface area contributed by atoms with Crippen LogP contribution in [0.2, 0.25) is 0 Å². The van der Waals surface area contributed by atoms with Crippen LogP contribution in [0.5, 0.6) is 0 Å². The summed E-state index contributed by atoms with van der Waals surface area (Å²) >= 11 is 0. The molecule has 68 valence electrons. The first-order valence-corrected chi connectivity index (χ1v) is 4.62. The topological polar surface area (TPSA) is 26.3 Å². The number of hydrogen-bond acceptors (Lipinski definition) is 2. The van der Waals surface area contributed by atoms with Crippen molar-refractivity contribution in [2.45, 2.75) is 26.2 Å². The van der Waals surface area contributed by atoms with E-state index in [4.69, 9.17) is 4.74 Å². The summed E-state index contributed by atoms with van der Waals surface area (Å²) in [5.74, 6) is 0.502. The Labute approximate surface area is 73.6 Å². The van der Waals surface area contributed by atoms with Crippen molar-refractivity contribution in [3.05, 3.63) is 12.2 Å². The molecule has 0 unspecified atom stereocenters. The minimum Gasteiger partial charge on any atom is -0.381 e. The van der Waals surface area contributed by atoms with Gasteiger partial charge in [0.25, 0.3) is 0 Å². The van der Waals surface area contributed by atoms with Crippen molar-refractivity contribution in [3.63, 3.8) is 0 Å². The Hall–Kier alpha value is -0.630. The first kappa shape index (κ1) is 9.46. The van der Waals surface area contributed by atoms with Crippen LogP contribution in [0.4, 0.5) is 0 Å². The third-order valence-electron chi connectivity index (χ3n) is 2.14. The number of ketones is 1. The zero-order valence-electron chi connectivity index (χ0n) is 7.58. The first-order chi connectivity index (χ1) is 5.84. The van der Waals surface area contributed by atoms with Crippen LogP contribution in [0.15, 0.2) is 12.2 Å². The summed E-state index contributed by atoms with van der Waals surface area (Å²) < 4.78 is 5.18. The van der Waals surface area contributed by atoms with Gasteiger partial charge < -0.3 is 4.74 Å². The van der Waals surface area contributed by atoms with Crippen LogP contribution in [0.25, 0.3) is 0 Å². The molecule has 1 aliphatic rings. The van der Waals surface area contributed by atoms with E-state index in [9.17, 15) is 4.79 Å². The minimum atomic E-state index is 0.224. The van der Waals surface area contributed by atoms with Crippen molar-refractivity contribution >= 4 is 5.78 Å². The summed E-state index contributed by atoms with van der Waals surface area (Å²) in [6, 6.07) is 0. The summed E-state index contributed by atoms with van der Waals surface area (Å²) in [6.45, 7) is 3.53. The summed E-state index contributed by atoms with van der Waals surface area (Å²) in [4.78, 5) is 11.4. The largest absolute Gasteiger partial charge is 0.381 e. The third-order valence-corrected chi connectivity index (χ3v) is 2.14. The molecule has 1 aliphatic heterocycles. The van der Waals surface area contributed by atoms with Gasteiger partial charge in [0.1, 0.15) is 0 Å². The molecule has 0 amide bonds. The minimum absolute atomic E-state index is 0.224. The van der Waals surface area contributed by atoms with E-state index in [0.717, 1.165) is 32.5 Å². The van der Waals surface area contributed by atoms with Gasteiger partial charge in [0.05, 0.1) is 0 Å². The molecule has 2 nitrogen and oxygen atoms in total. The molecule has 0 saturated carbocycles. The SMILES string of the molecule is CC/C=C/C(=O)C1CCOCC1. The zero-order valence-corrected chi connectivity index (χ0v) is 7.58. The van der Waals surface area contributed by atoms with E-state index >= 15 is 0 Å². The predicted molar refractivity (Wildman–Crippen MR) is 48.0 cm³/mol. The highest BCUT2D eigenvalue weighted by atomic mass is 16.5. The second-order valence-electron chi connectivity index (χ2n) is 3.10. The Bertz CT molecular complexity index is 167. The quantitative estimate of drug-likeness (QED) is 0.602. The van der Waals surface area contributed by atoms with Gasteiger partial charge in [0.2, 0.25) is 0 Å². The van der Waals surface area contributed by atoms with E-state index in [-0.39, 0.29) is 11.7 Å². The molecule has 0 spiro atoms. The molecule has 1 fully saturated rings. The second kappa shape index (κ2) is 5.09. The van der Waals surface area contributed by atoms with Gasteiger partial charge >= 0.3 is 0 Å². The molecule has 12 heavy (non-hydrogen) atoms. The lowest BCUT2D eigenvalue weighted by atomic mass is 9.95. The lowest BCUT2D eigenvalue weighted by molar-refractivity contribution is -0.120. The van der Waals surface area contributed by atoms with E-state index < -0.39 is 0 Å². The average Bonchev–Trinajstić information content (AvgIpc) is 2.15. The van der Waals surface area contributed by atoms with Gasteiger partial charge in [-0.15, -0.1) is 0 Å². The van der Waals surface area contributed by atoms with Crippen LogP contribution in [0.1, 0.15) is 26.2 Å². The number of carbonyl (C=O) groups excluding carboxylic acids is 1. The summed E-state index contributed by atoms with van der Waals surface area (Å²) in [7, 11) is 0. The molecule has 0 aliphatic carbocycles. The highest BCUT2D eigenvalue weighted by molar-refractivity contribution is 5.91. The second-order valence-corrected chi connectivity index (χ2v) is 3.10. The number of allylic oxidation sites excluding steroid dienone is 2. The van der Waals surface area contributed by atoms with E-state index in [2.05, 4.69) is 0 Å². The third kappa shape index (κ3) is 2.78. The summed E-state index contributed by atoms with van der Waals surface area (Å²) in [5, 5.41) is 0. The maximum atomic E-state index is 11.4. The number of ether oxygens (including phenoxy) is 1. The Morgan fingerprint density at radius 1 is 1.50 bits per heavy atom.